The molecule has 0 aliphatic carbocycles. The van der Waals surface area contributed by atoms with E-state index in [2.05, 4.69) is 48.5 Å². The average Bonchev–Trinajstić information content (AvgIpc) is 2.79. The van der Waals surface area contributed by atoms with Crippen LogP contribution in [0.3, 0.4) is 0 Å². The number of hydrogen-bond donors (Lipinski definition) is 3. The highest BCUT2D eigenvalue weighted by atomic mass is 127. The third-order valence-electron chi connectivity index (χ3n) is 3.19. The van der Waals surface area contributed by atoms with Crippen LogP contribution in [0.2, 0.25) is 0 Å². The quantitative estimate of drug-likeness (QED) is 0.531. The van der Waals surface area contributed by atoms with Gasteiger partial charge in [-0.1, -0.05) is 22.0 Å². The first-order chi connectivity index (χ1) is 9.54. The van der Waals surface area contributed by atoms with E-state index >= 15 is 0 Å². The SMILES string of the molecule is NC(c1ccc2[nH]c(=O)[nH]c2c1)c1cc(Br)ccc1I. The molecule has 0 amide bonds. The lowest BCUT2D eigenvalue weighted by molar-refractivity contribution is 0.865. The molecule has 4 nitrogen and oxygen atoms in total. The summed E-state index contributed by atoms with van der Waals surface area (Å²) in [4.78, 5) is 16.8. The number of imidazole rings is 1. The highest BCUT2D eigenvalue weighted by Crippen LogP contribution is 2.28. The molecule has 0 spiro atoms. The molecule has 0 saturated carbocycles. The van der Waals surface area contributed by atoms with Gasteiger partial charge in [0.25, 0.3) is 0 Å². The molecule has 0 fully saturated rings. The number of hydrogen-bond acceptors (Lipinski definition) is 2. The molecule has 1 atom stereocenters. The maximum Gasteiger partial charge on any atom is 0.323 e. The van der Waals surface area contributed by atoms with Crippen LogP contribution in [-0.2, 0) is 0 Å². The zero-order valence-electron chi connectivity index (χ0n) is 10.3. The van der Waals surface area contributed by atoms with Crippen molar-refractivity contribution in [3.63, 3.8) is 0 Å². The summed E-state index contributed by atoms with van der Waals surface area (Å²) in [6.45, 7) is 0. The van der Waals surface area contributed by atoms with Crippen molar-refractivity contribution in [1.82, 2.24) is 9.97 Å². The minimum absolute atomic E-state index is 0.206. The summed E-state index contributed by atoms with van der Waals surface area (Å²) in [5, 5.41) is 0. The minimum Gasteiger partial charge on any atom is -0.320 e. The van der Waals surface area contributed by atoms with Crippen molar-refractivity contribution >= 4 is 49.6 Å². The molecule has 20 heavy (non-hydrogen) atoms. The van der Waals surface area contributed by atoms with Crippen molar-refractivity contribution in [2.24, 2.45) is 5.73 Å². The van der Waals surface area contributed by atoms with Gasteiger partial charge in [0.1, 0.15) is 0 Å². The number of nitrogens with one attached hydrogen (secondary N) is 2. The van der Waals surface area contributed by atoms with Gasteiger partial charge in [-0.05, 0) is 64.0 Å². The van der Waals surface area contributed by atoms with Gasteiger partial charge in [0.2, 0.25) is 0 Å². The van der Waals surface area contributed by atoms with Crippen LogP contribution in [0, 0.1) is 3.57 Å². The van der Waals surface area contributed by atoms with Crippen LogP contribution in [0.4, 0.5) is 0 Å². The summed E-state index contributed by atoms with van der Waals surface area (Å²) in [6.07, 6.45) is 0. The highest BCUT2D eigenvalue weighted by molar-refractivity contribution is 14.1. The summed E-state index contributed by atoms with van der Waals surface area (Å²) >= 11 is 5.75. The Morgan fingerprint density at radius 1 is 1.10 bits per heavy atom. The Bertz CT molecular complexity index is 840. The first kappa shape index (κ1) is 13.8. The first-order valence-corrected chi connectivity index (χ1v) is 7.84. The molecule has 0 aliphatic rings. The molecule has 3 rings (SSSR count). The number of aromatic nitrogens is 2. The van der Waals surface area contributed by atoms with Crippen LogP contribution in [0.5, 0.6) is 0 Å². The number of aromatic amines is 2. The zero-order valence-corrected chi connectivity index (χ0v) is 14.0. The maximum atomic E-state index is 11.3. The molecule has 1 heterocycles. The lowest BCUT2D eigenvalue weighted by Crippen LogP contribution is -2.13. The summed E-state index contributed by atoms with van der Waals surface area (Å²) in [5.41, 5.74) is 9.72. The summed E-state index contributed by atoms with van der Waals surface area (Å²) in [5.74, 6) is 0. The maximum absolute atomic E-state index is 11.3. The van der Waals surface area contributed by atoms with Gasteiger partial charge in [0.05, 0.1) is 17.1 Å². The lowest BCUT2D eigenvalue weighted by atomic mass is 9.99. The van der Waals surface area contributed by atoms with Gasteiger partial charge in [-0.15, -0.1) is 0 Å². The van der Waals surface area contributed by atoms with Crippen molar-refractivity contribution in [1.29, 1.82) is 0 Å². The average molecular weight is 444 g/mol. The zero-order chi connectivity index (χ0) is 14.3. The standard InChI is InChI=1S/C14H11BrIN3O/c15-8-2-3-10(16)9(6-8)13(17)7-1-4-11-12(5-7)19-14(20)18-11/h1-6,13H,17H2,(H2,18,19,20). The van der Waals surface area contributed by atoms with E-state index in [9.17, 15) is 4.79 Å². The molecule has 1 aromatic heterocycles. The molecule has 4 N–H and O–H groups in total. The summed E-state index contributed by atoms with van der Waals surface area (Å²) in [6, 6.07) is 11.5. The van der Waals surface area contributed by atoms with E-state index in [1.54, 1.807) is 0 Å². The molecule has 2 aromatic carbocycles. The Morgan fingerprint density at radius 2 is 1.85 bits per heavy atom. The van der Waals surface area contributed by atoms with Crippen LogP contribution in [0.1, 0.15) is 17.2 Å². The predicted molar refractivity (Wildman–Crippen MR) is 91.8 cm³/mol. The number of rotatable bonds is 2. The highest BCUT2D eigenvalue weighted by Gasteiger charge is 2.13. The second-order valence-corrected chi connectivity index (χ2v) is 6.61. The van der Waals surface area contributed by atoms with Gasteiger partial charge in [-0.2, -0.15) is 0 Å². The first-order valence-electron chi connectivity index (χ1n) is 5.97. The van der Waals surface area contributed by atoms with E-state index in [0.29, 0.717) is 0 Å². The molecule has 3 aromatic rings. The number of fused-ring (bicyclic) bond motifs is 1. The summed E-state index contributed by atoms with van der Waals surface area (Å²) < 4.78 is 2.11. The Hall–Kier alpha value is -1.12. The Kier molecular flexibility index (Phi) is 3.70. The van der Waals surface area contributed by atoms with Crippen molar-refractivity contribution in [3.05, 3.63) is 66.1 Å². The predicted octanol–water partition coefficient (Wildman–Crippen LogP) is 3.27. The van der Waals surface area contributed by atoms with Gasteiger partial charge >= 0.3 is 5.69 Å². The Balaban J connectivity index is 2.09. The lowest BCUT2D eigenvalue weighted by Gasteiger charge is -2.15. The van der Waals surface area contributed by atoms with E-state index in [4.69, 9.17) is 5.73 Å². The number of halogens is 2. The van der Waals surface area contributed by atoms with Crippen LogP contribution >= 0.6 is 38.5 Å². The van der Waals surface area contributed by atoms with E-state index in [1.165, 1.54) is 0 Å². The van der Waals surface area contributed by atoms with Crippen LogP contribution < -0.4 is 11.4 Å². The molecule has 0 bridgehead atoms. The smallest absolute Gasteiger partial charge is 0.320 e. The van der Waals surface area contributed by atoms with Crippen LogP contribution in [0.15, 0.2) is 45.7 Å². The van der Waals surface area contributed by atoms with Crippen molar-refractivity contribution in [3.8, 4) is 0 Å². The topological polar surface area (TPSA) is 74.7 Å². The molecule has 6 heteroatoms. The second kappa shape index (κ2) is 5.34. The van der Waals surface area contributed by atoms with Crippen LogP contribution in [0.25, 0.3) is 11.0 Å². The molecule has 0 radical (unpaired) electrons. The van der Waals surface area contributed by atoms with E-state index in [-0.39, 0.29) is 11.7 Å². The van der Waals surface area contributed by atoms with E-state index in [0.717, 1.165) is 30.2 Å². The van der Waals surface area contributed by atoms with Gasteiger partial charge in [-0.3, -0.25) is 0 Å². The fourth-order valence-corrected chi connectivity index (χ4v) is 3.23. The molecule has 102 valence electrons. The van der Waals surface area contributed by atoms with Gasteiger partial charge in [0, 0.05) is 8.04 Å². The molecule has 1 unspecified atom stereocenters. The number of H-pyrrole nitrogens is 2. The number of nitrogens with two attached hydrogens (primary N) is 1. The third-order valence-corrected chi connectivity index (χ3v) is 4.67. The molecule has 0 aliphatic heterocycles. The molecular weight excluding hydrogens is 433 g/mol. The minimum atomic E-state index is -0.234. The molecular formula is C14H11BrIN3O. The summed E-state index contributed by atoms with van der Waals surface area (Å²) in [7, 11) is 0. The Labute approximate surface area is 137 Å². The van der Waals surface area contributed by atoms with E-state index in [1.807, 2.05) is 36.4 Å². The fraction of sp³-hybridized carbons (Fsp3) is 0.0714. The molecule has 0 saturated heterocycles. The van der Waals surface area contributed by atoms with Crippen molar-refractivity contribution in [2.45, 2.75) is 6.04 Å². The number of benzene rings is 2. The van der Waals surface area contributed by atoms with Crippen LogP contribution in [-0.4, -0.2) is 9.97 Å². The van der Waals surface area contributed by atoms with Gasteiger partial charge < -0.3 is 15.7 Å². The largest absolute Gasteiger partial charge is 0.323 e. The van der Waals surface area contributed by atoms with E-state index < -0.39 is 0 Å². The van der Waals surface area contributed by atoms with Crippen molar-refractivity contribution < 1.29 is 0 Å². The fourth-order valence-electron chi connectivity index (χ4n) is 2.18. The van der Waals surface area contributed by atoms with Gasteiger partial charge in [0.15, 0.2) is 0 Å². The second-order valence-electron chi connectivity index (χ2n) is 4.53. The van der Waals surface area contributed by atoms with Crippen molar-refractivity contribution in [2.75, 3.05) is 0 Å². The van der Waals surface area contributed by atoms with Gasteiger partial charge in [-0.25, -0.2) is 4.79 Å². The monoisotopic (exact) mass is 443 g/mol. The third kappa shape index (κ3) is 2.55. The Morgan fingerprint density at radius 3 is 2.65 bits per heavy atom. The normalized spacial score (nSPS) is 12.8.